The maximum atomic E-state index is 14.1. The summed E-state index contributed by atoms with van der Waals surface area (Å²) in [7, 11) is 1.86. The Morgan fingerprint density at radius 2 is 2.05 bits per heavy atom. The van der Waals surface area contributed by atoms with Gasteiger partial charge in [0.1, 0.15) is 5.82 Å². The highest BCUT2D eigenvalue weighted by atomic mass is 19.1. The molecule has 0 aliphatic carbocycles. The second kappa shape index (κ2) is 7.46. The summed E-state index contributed by atoms with van der Waals surface area (Å²) in [5.74, 6) is -0.213. The molecule has 0 aromatic heterocycles. The van der Waals surface area contributed by atoms with Crippen molar-refractivity contribution < 1.29 is 9.50 Å². The molecule has 0 spiro atoms. The molecule has 2 unspecified atom stereocenters. The molecule has 0 heterocycles. The van der Waals surface area contributed by atoms with Gasteiger partial charge < -0.3 is 15.3 Å². The normalized spacial score (nSPS) is 14.2. The van der Waals surface area contributed by atoms with Crippen molar-refractivity contribution in [3.05, 3.63) is 29.6 Å². The van der Waals surface area contributed by atoms with Gasteiger partial charge in [-0.3, -0.25) is 0 Å². The van der Waals surface area contributed by atoms with Gasteiger partial charge in [0.15, 0.2) is 0 Å². The molecule has 3 nitrogen and oxygen atoms in total. The number of hydrogen-bond acceptors (Lipinski definition) is 3. The molecule has 0 radical (unpaired) electrons. The summed E-state index contributed by atoms with van der Waals surface area (Å²) >= 11 is 0. The highest BCUT2D eigenvalue weighted by Gasteiger charge is 2.17. The first-order chi connectivity index (χ1) is 8.97. The number of nitrogens with zero attached hydrogens (tertiary/aromatic N) is 1. The van der Waals surface area contributed by atoms with E-state index in [2.05, 4.69) is 5.32 Å². The number of aliphatic hydroxyl groups excluding tert-OH is 1. The van der Waals surface area contributed by atoms with E-state index < -0.39 is 0 Å². The largest absolute Gasteiger partial charge is 0.393 e. The van der Waals surface area contributed by atoms with Crippen molar-refractivity contribution in [3.8, 4) is 0 Å². The van der Waals surface area contributed by atoms with Crippen LogP contribution in [0.4, 0.5) is 10.1 Å². The minimum absolute atomic E-state index is 0.102. The Bertz CT molecular complexity index is 396. The zero-order valence-corrected chi connectivity index (χ0v) is 12.3. The Morgan fingerprint density at radius 1 is 1.37 bits per heavy atom. The maximum absolute atomic E-state index is 14.1. The standard InChI is InChI=1S/C15H25FN2O/c1-5-17-12(3)13-7-6-8-14(16)15(13)18(4)10-9-11(2)19/h6-8,11-12,17,19H,5,9-10H2,1-4H3. The zero-order valence-electron chi connectivity index (χ0n) is 12.3. The van der Waals surface area contributed by atoms with Crippen molar-refractivity contribution in [2.24, 2.45) is 0 Å². The minimum Gasteiger partial charge on any atom is -0.393 e. The third-order valence-corrected chi connectivity index (χ3v) is 3.26. The lowest BCUT2D eigenvalue weighted by Gasteiger charge is -2.26. The molecule has 108 valence electrons. The fraction of sp³-hybridized carbons (Fsp3) is 0.600. The van der Waals surface area contributed by atoms with E-state index in [-0.39, 0.29) is 18.0 Å². The molecule has 0 saturated heterocycles. The molecule has 0 aliphatic rings. The van der Waals surface area contributed by atoms with Crippen molar-refractivity contribution in [2.45, 2.75) is 39.3 Å². The number of para-hydroxylation sites is 1. The smallest absolute Gasteiger partial charge is 0.146 e. The summed E-state index contributed by atoms with van der Waals surface area (Å²) in [5.41, 5.74) is 1.58. The summed E-state index contributed by atoms with van der Waals surface area (Å²) in [6.45, 7) is 7.28. The lowest BCUT2D eigenvalue weighted by molar-refractivity contribution is 0.186. The SMILES string of the molecule is CCNC(C)c1cccc(F)c1N(C)CCC(C)O. The van der Waals surface area contributed by atoms with Gasteiger partial charge in [-0.25, -0.2) is 4.39 Å². The van der Waals surface area contributed by atoms with Crippen LogP contribution in [0.1, 0.15) is 38.8 Å². The van der Waals surface area contributed by atoms with E-state index in [1.165, 1.54) is 6.07 Å². The van der Waals surface area contributed by atoms with E-state index >= 15 is 0 Å². The molecule has 1 aromatic carbocycles. The summed E-state index contributed by atoms with van der Waals surface area (Å²) in [5, 5.41) is 12.7. The van der Waals surface area contributed by atoms with Crippen molar-refractivity contribution in [1.29, 1.82) is 0 Å². The second-order valence-electron chi connectivity index (χ2n) is 5.02. The Hall–Kier alpha value is -1.13. The van der Waals surface area contributed by atoms with Gasteiger partial charge in [-0.1, -0.05) is 19.1 Å². The number of aliphatic hydroxyl groups is 1. The maximum Gasteiger partial charge on any atom is 0.146 e. The zero-order chi connectivity index (χ0) is 14.4. The topological polar surface area (TPSA) is 35.5 Å². The summed E-state index contributed by atoms with van der Waals surface area (Å²) in [6.07, 6.45) is 0.253. The second-order valence-corrected chi connectivity index (χ2v) is 5.02. The minimum atomic E-state index is -0.371. The van der Waals surface area contributed by atoms with E-state index in [1.807, 2.05) is 31.9 Å². The number of benzene rings is 1. The van der Waals surface area contributed by atoms with E-state index in [0.717, 1.165) is 12.1 Å². The Labute approximate surface area is 115 Å². The fourth-order valence-corrected chi connectivity index (χ4v) is 2.19. The van der Waals surface area contributed by atoms with Crippen LogP contribution in [-0.2, 0) is 0 Å². The molecule has 0 bridgehead atoms. The van der Waals surface area contributed by atoms with Crippen LogP contribution in [0, 0.1) is 5.82 Å². The first-order valence-corrected chi connectivity index (χ1v) is 6.88. The first kappa shape index (κ1) is 15.9. The van der Waals surface area contributed by atoms with E-state index in [9.17, 15) is 9.50 Å². The molecule has 19 heavy (non-hydrogen) atoms. The van der Waals surface area contributed by atoms with Gasteiger partial charge in [-0.15, -0.1) is 0 Å². The van der Waals surface area contributed by atoms with Crippen LogP contribution in [0.2, 0.25) is 0 Å². The van der Waals surface area contributed by atoms with E-state index in [0.29, 0.717) is 18.7 Å². The van der Waals surface area contributed by atoms with Gasteiger partial charge in [0.2, 0.25) is 0 Å². The number of rotatable bonds is 7. The summed E-state index contributed by atoms with van der Waals surface area (Å²) in [4.78, 5) is 1.88. The molecule has 1 aromatic rings. The van der Waals surface area contributed by atoms with E-state index in [1.54, 1.807) is 13.0 Å². The molecular weight excluding hydrogens is 243 g/mol. The molecule has 0 fully saturated rings. The van der Waals surface area contributed by atoms with Crippen molar-refractivity contribution >= 4 is 5.69 Å². The average molecular weight is 268 g/mol. The van der Waals surface area contributed by atoms with Crippen LogP contribution < -0.4 is 10.2 Å². The molecule has 0 saturated carbocycles. The third-order valence-electron chi connectivity index (χ3n) is 3.26. The molecular formula is C15H25FN2O. The number of anilines is 1. The van der Waals surface area contributed by atoms with Gasteiger partial charge in [0.05, 0.1) is 11.8 Å². The Morgan fingerprint density at radius 3 is 2.63 bits per heavy atom. The van der Waals surface area contributed by atoms with Crippen LogP contribution in [0.3, 0.4) is 0 Å². The monoisotopic (exact) mass is 268 g/mol. The Balaban J connectivity index is 2.96. The lowest BCUT2D eigenvalue weighted by atomic mass is 10.0. The molecule has 2 atom stereocenters. The number of hydrogen-bond donors (Lipinski definition) is 2. The van der Waals surface area contributed by atoms with Crippen LogP contribution in [0.5, 0.6) is 0 Å². The quantitative estimate of drug-likeness (QED) is 0.798. The molecule has 1 rings (SSSR count). The molecule has 0 amide bonds. The van der Waals surface area contributed by atoms with Gasteiger partial charge in [0, 0.05) is 19.6 Å². The van der Waals surface area contributed by atoms with Crippen LogP contribution in [0.15, 0.2) is 18.2 Å². The Kier molecular flexibility index (Phi) is 6.25. The predicted molar refractivity (Wildman–Crippen MR) is 78.1 cm³/mol. The van der Waals surface area contributed by atoms with Crippen LogP contribution in [-0.4, -0.2) is 31.3 Å². The molecule has 2 N–H and O–H groups in total. The van der Waals surface area contributed by atoms with Gasteiger partial charge in [0.25, 0.3) is 0 Å². The highest BCUT2D eigenvalue weighted by molar-refractivity contribution is 5.55. The number of nitrogens with one attached hydrogen (secondary N) is 1. The van der Waals surface area contributed by atoms with Gasteiger partial charge >= 0.3 is 0 Å². The average Bonchev–Trinajstić information content (AvgIpc) is 2.35. The third kappa shape index (κ3) is 4.48. The highest BCUT2D eigenvalue weighted by Crippen LogP contribution is 2.28. The van der Waals surface area contributed by atoms with E-state index in [4.69, 9.17) is 0 Å². The molecule has 4 heteroatoms. The predicted octanol–water partition coefficient (Wildman–Crippen LogP) is 2.70. The van der Waals surface area contributed by atoms with Gasteiger partial charge in [-0.05, 0) is 38.4 Å². The summed E-state index contributed by atoms with van der Waals surface area (Å²) in [6, 6.07) is 5.27. The first-order valence-electron chi connectivity index (χ1n) is 6.88. The van der Waals surface area contributed by atoms with Crippen molar-refractivity contribution in [1.82, 2.24) is 5.32 Å². The fourth-order valence-electron chi connectivity index (χ4n) is 2.19. The summed E-state index contributed by atoms with van der Waals surface area (Å²) < 4.78 is 14.1. The van der Waals surface area contributed by atoms with Crippen LogP contribution >= 0.6 is 0 Å². The lowest BCUT2D eigenvalue weighted by Crippen LogP contribution is -2.26. The molecule has 0 aliphatic heterocycles. The number of halogens is 1. The van der Waals surface area contributed by atoms with Crippen molar-refractivity contribution in [3.63, 3.8) is 0 Å². The van der Waals surface area contributed by atoms with Crippen LogP contribution in [0.25, 0.3) is 0 Å². The van der Waals surface area contributed by atoms with Gasteiger partial charge in [-0.2, -0.15) is 0 Å². The van der Waals surface area contributed by atoms with Crippen molar-refractivity contribution in [2.75, 3.05) is 25.0 Å².